The zero-order chi connectivity index (χ0) is 40.9. The summed E-state index contributed by atoms with van der Waals surface area (Å²) in [6, 6.07) is 4.01. The van der Waals surface area contributed by atoms with Gasteiger partial charge in [-0.25, -0.2) is 4.79 Å². The Hall–Kier alpha value is -4.71. The lowest BCUT2D eigenvalue weighted by atomic mass is 9.73. The average molecular weight is 817 g/mol. The number of nitrogens with one attached hydrogen (secondary N) is 2. The molecule has 4 aromatic rings. The first-order chi connectivity index (χ1) is 27.9. The van der Waals surface area contributed by atoms with Crippen LogP contribution in [-0.2, 0) is 27.2 Å². The number of thioether (sulfide) groups is 1. The number of esters is 2. The molecular weight excluding hydrogens is 769 g/mol. The number of aromatic amines is 1. The van der Waals surface area contributed by atoms with Crippen LogP contribution in [0.15, 0.2) is 24.3 Å². The summed E-state index contributed by atoms with van der Waals surface area (Å²) in [7, 11) is 5.08. The van der Waals surface area contributed by atoms with Gasteiger partial charge < -0.3 is 48.7 Å². The third kappa shape index (κ3) is 5.67. The largest absolute Gasteiger partial charge is 0.504 e. The number of aromatic nitrogens is 1. The van der Waals surface area contributed by atoms with Gasteiger partial charge in [-0.15, -0.1) is 0 Å². The summed E-state index contributed by atoms with van der Waals surface area (Å²) in [6.45, 7) is 4.53. The normalized spacial score (nSPS) is 27.0. The molecule has 0 amide bonds. The van der Waals surface area contributed by atoms with E-state index in [4.69, 9.17) is 28.4 Å². The van der Waals surface area contributed by atoms with E-state index in [1.165, 1.54) is 25.8 Å². The fraction of sp³-hybridized carbons (Fsp3) is 0.476. The van der Waals surface area contributed by atoms with Gasteiger partial charge in [-0.2, -0.15) is 11.8 Å². The van der Waals surface area contributed by atoms with Crippen LogP contribution in [-0.4, -0.2) is 114 Å². The lowest BCUT2D eigenvalue weighted by Gasteiger charge is -2.61. The molecule has 0 aliphatic carbocycles. The van der Waals surface area contributed by atoms with E-state index >= 15 is 0 Å². The Morgan fingerprint density at radius 2 is 1.81 bits per heavy atom. The molecule has 5 N–H and O–H groups in total. The maximum Gasteiger partial charge on any atom is 0.329 e. The number of likely N-dealkylation sites (N-methyl/N-ethyl adjacent to an activating group) is 1. The van der Waals surface area contributed by atoms with Gasteiger partial charge in [-0.1, -0.05) is 6.07 Å². The topological polar surface area (TPSA) is 185 Å². The fourth-order valence-corrected chi connectivity index (χ4v) is 11.4. The lowest BCUT2D eigenvalue weighted by Crippen LogP contribution is -2.69. The second kappa shape index (κ2) is 14.5. The number of aliphatic hydroxyl groups is 2. The minimum absolute atomic E-state index is 0.0356. The van der Waals surface area contributed by atoms with Crippen molar-refractivity contribution in [3.05, 3.63) is 68.9 Å². The quantitative estimate of drug-likeness (QED) is 0.127. The number of methoxy groups -OCH3 is 2. The third-order valence-electron chi connectivity index (χ3n) is 12.8. The van der Waals surface area contributed by atoms with Crippen LogP contribution in [0.3, 0.4) is 0 Å². The number of H-pyrrole nitrogens is 1. The lowest BCUT2D eigenvalue weighted by molar-refractivity contribution is -0.184. The number of phenols is 1. The molecule has 5 aliphatic rings. The number of rotatable bonds is 8. The fourth-order valence-electron chi connectivity index (χ4n) is 10.3. The number of hydrogen-bond acceptors (Lipinski definition) is 15. The third-order valence-corrected chi connectivity index (χ3v) is 13.8. The summed E-state index contributed by atoms with van der Waals surface area (Å²) in [6.07, 6.45) is 1.80. The molecule has 5 aliphatic heterocycles. The molecule has 0 saturated carbocycles. The standard InChI is InChI=1S/C42H48N4O11S/c1-17-10-20-11-26-41(50)46-27(15-54-42(51)32-31-24(12-21(14-47)43-32)23-13-22(52-5)8-9-25(23)44-31)29-30(37(57-19(3)48)18(2)38-39(29)56-16-55-38)40(58-7)34(46)33(45(26)4)28(20)35(49)36(17)53-6/h8-10,13,21,26-27,32-34,40-41,43-44,47,49-50H,11-12,14-16H2,1-7H3/t21-,26-,27-,32+,33-,34+,40+,41-/m0/s1. The Labute approximate surface area is 339 Å². The Morgan fingerprint density at radius 3 is 2.52 bits per heavy atom. The van der Waals surface area contributed by atoms with Crippen LogP contribution in [0.5, 0.6) is 34.5 Å². The number of carbonyl (C=O) groups excluding carboxylic acids is 2. The molecule has 1 fully saturated rings. The van der Waals surface area contributed by atoms with Crippen LogP contribution in [0, 0.1) is 13.8 Å². The number of nitrogens with zero attached hydrogens (tertiary/aromatic N) is 2. The van der Waals surface area contributed by atoms with Crippen molar-refractivity contribution in [1.29, 1.82) is 0 Å². The Kier molecular flexibility index (Phi) is 9.72. The molecular formula is C42H48N4O11S. The molecule has 6 heterocycles. The number of carbonyl (C=O) groups is 2. The number of aromatic hydroxyl groups is 1. The number of aliphatic hydroxyl groups excluding tert-OH is 2. The number of fused-ring (bicyclic) bond motifs is 12. The van der Waals surface area contributed by atoms with Gasteiger partial charge in [-0.3, -0.25) is 19.9 Å². The van der Waals surface area contributed by atoms with E-state index in [0.29, 0.717) is 69.5 Å². The zero-order valence-corrected chi connectivity index (χ0v) is 34.2. The minimum Gasteiger partial charge on any atom is -0.504 e. The number of hydrogen-bond donors (Lipinski definition) is 5. The highest BCUT2D eigenvalue weighted by Crippen LogP contribution is 2.63. The second-order valence-corrected chi connectivity index (χ2v) is 16.7. The summed E-state index contributed by atoms with van der Waals surface area (Å²) in [4.78, 5) is 34.9. The molecule has 16 heteroatoms. The summed E-state index contributed by atoms with van der Waals surface area (Å²) in [5.41, 5.74) is 6.57. The Morgan fingerprint density at radius 1 is 1.03 bits per heavy atom. The highest BCUT2D eigenvalue weighted by molar-refractivity contribution is 7.98. The summed E-state index contributed by atoms with van der Waals surface area (Å²) in [5.74, 6) is 1.14. The van der Waals surface area contributed by atoms with Crippen LogP contribution >= 0.6 is 11.8 Å². The maximum absolute atomic E-state index is 14.5. The molecule has 0 unspecified atom stereocenters. The average Bonchev–Trinajstić information content (AvgIpc) is 3.85. The van der Waals surface area contributed by atoms with Gasteiger partial charge in [0, 0.05) is 57.9 Å². The van der Waals surface area contributed by atoms with Crippen molar-refractivity contribution in [1.82, 2.24) is 20.1 Å². The van der Waals surface area contributed by atoms with E-state index in [2.05, 4.69) is 15.2 Å². The molecule has 15 nitrogen and oxygen atoms in total. The summed E-state index contributed by atoms with van der Waals surface area (Å²) >= 11 is 1.53. The van der Waals surface area contributed by atoms with Crippen LogP contribution in [0.2, 0.25) is 0 Å². The van der Waals surface area contributed by atoms with Gasteiger partial charge in [0.15, 0.2) is 23.0 Å². The van der Waals surface area contributed by atoms with Crippen molar-refractivity contribution in [3.8, 4) is 34.5 Å². The molecule has 3 aromatic carbocycles. The van der Waals surface area contributed by atoms with Gasteiger partial charge in [-0.05, 0) is 74.9 Å². The van der Waals surface area contributed by atoms with Crippen molar-refractivity contribution >= 4 is 34.6 Å². The Balaban J connectivity index is 1.20. The predicted molar refractivity (Wildman–Crippen MR) is 213 cm³/mol. The van der Waals surface area contributed by atoms with E-state index in [9.17, 15) is 24.9 Å². The maximum atomic E-state index is 14.5. The van der Waals surface area contributed by atoms with Crippen LogP contribution in [0.1, 0.15) is 74.9 Å². The van der Waals surface area contributed by atoms with Crippen LogP contribution < -0.4 is 29.0 Å². The van der Waals surface area contributed by atoms with Crippen LogP contribution in [0.25, 0.3) is 10.9 Å². The highest BCUT2D eigenvalue weighted by Gasteiger charge is 2.60. The molecule has 0 radical (unpaired) electrons. The monoisotopic (exact) mass is 816 g/mol. The molecule has 2 bridgehead atoms. The number of piperazine rings is 1. The SMILES string of the molecule is COc1ccc2[nH]c3c(c2c1)C[C@@H](CO)N[C@H]3C(=O)OC[C@H]1c2c3c(c(C)c(OC(C)=O)c2[C@@H](SC)[C@H]2[C@@H]4c5c(cc(C)c(OC)c5O)C[C@@H]([C@H](O)N21)N4C)OCO3. The summed E-state index contributed by atoms with van der Waals surface area (Å²) < 4.78 is 35.8. The van der Waals surface area contributed by atoms with Gasteiger partial charge in [0.25, 0.3) is 0 Å². The van der Waals surface area contributed by atoms with Crippen molar-refractivity contribution in [2.24, 2.45) is 0 Å². The van der Waals surface area contributed by atoms with Gasteiger partial charge in [0.05, 0.1) is 44.2 Å². The number of ether oxygens (including phenoxy) is 6. The first-order valence-electron chi connectivity index (χ1n) is 19.4. The molecule has 1 aromatic heterocycles. The first-order valence-corrected chi connectivity index (χ1v) is 20.7. The van der Waals surface area contributed by atoms with Gasteiger partial charge in [0.2, 0.25) is 6.79 Å². The molecule has 9 rings (SSSR count). The van der Waals surface area contributed by atoms with Gasteiger partial charge in [0.1, 0.15) is 30.4 Å². The number of benzene rings is 3. The minimum atomic E-state index is -1.08. The second-order valence-electron chi connectivity index (χ2n) is 15.7. The summed E-state index contributed by atoms with van der Waals surface area (Å²) in [5, 5.41) is 38.6. The van der Waals surface area contributed by atoms with Crippen LogP contribution in [0.4, 0.5) is 0 Å². The molecule has 0 spiro atoms. The predicted octanol–water partition coefficient (Wildman–Crippen LogP) is 4.01. The van der Waals surface area contributed by atoms with E-state index < -0.39 is 59.7 Å². The van der Waals surface area contributed by atoms with E-state index in [1.807, 2.05) is 56.3 Å². The van der Waals surface area contributed by atoms with Crippen molar-refractivity contribution in [2.75, 3.05) is 47.5 Å². The molecule has 308 valence electrons. The van der Waals surface area contributed by atoms with E-state index in [-0.39, 0.29) is 25.8 Å². The first kappa shape index (κ1) is 38.8. The van der Waals surface area contributed by atoms with E-state index in [1.54, 1.807) is 7.11 Å². The Bertz CT molecular complexity index is 2350. The smallest absolute Gasteiger partial charge is 0.329 e. The number of aryl methyl sites for hydroxylation is 1. The van der Waals surface area contributed by atoms with Gasteiger partial charge >= 0.3 is 11.9 Å². The van der Waals surface area contributed by atoms with E-state index in [0.717, 1.165) is 27.6 Å². The van der Waals surface area contributed by atoms with Crippen molar-refractivity contribution in [2.45, 2.75) is 81.3 Å². The molecule has 58 heavy (non-hydrogen) atoms. The van der Waals surface area contributed by atoms with Crippen molar-refractivity contribution in [3.63, 3.8) is 0 Å². The highest BCUT2D eigenvalue weighted by atomic mass is 32.2. The molecule has 8 atom stereocenters. The number of phenolic OH excluding ortho intramolecular Hbond substituents is 1. The zero-order valence-electron chi connectivity index (χ0n) is 33.4. The molecule has 1 saturated heterocycles. The van der Waals surface area contributed by atoms with Crippen molar-refractivity contribution < 1.29 is 53.3 Å².